The van der Waals surface area contributed by atoms with Gasteiger partial charge in [0.2, 0.25) is 0 Å². The molecule has 1 heterocycles. The van der Waals surface area contributed by atoms with Crippen molar-refractivity contribution in [2.24, 2.45) is 0 Å². The van der Waals surface area contributed by atoms with E-state index in [0.29, 0.717) is 10.7 Å². The summed E-state index contributed by atoms with van der Waals surface area (Å²) in [5.74, 6) is 0.899. The molecular formula is C11H12ClN3. The lowest BCUT2D eigenvalue weighted by atomic mass is 10.1. The van der Waals surface area contributed by atoms with E-state index in [0.717, 1.165) is 22.8 Å². The number of anilines is 1. The van der Waals surface area contributed by atoms with E-state index in [4.69, 9.17) is 17.3 Å². The van der Waals surface area contributed by atoms with Crippen LogP contribution in [-0.2, 0) is 0 Å². The van der Waals surface area contributed by atoms with Crippen LogP contribution in [0.25, 0.3) is 11.3 Å². The lowest BCUT2D eigenvalue weighted by molar-refractivity contribution is 1.13. The second kappa shape index (κ2) is 3.59. The van der Waals surface area contributed by atoms with Crippen molar-refractivity contribution >= 4 is 17.3 Å². The van der Waals surface area contributed by atoms with Crippen LogP contribution < -0.4 is 5.73 Å². The zero-order valence-corrected chi connectivity index (χ0v) is 9.39. The number of hydrogen-bond donors (Lipinski definition) is 2. The SMILES string of the molecule is Cc1nc(-c2ccc(Cl)c(N)c2)c(C)[nH]1. The van der Waals surface area contributed by atoms with E-state index in [-0.39, 0.29) is 0 Å². The quantitative estimate of drug-likeness (QED) is 0.728. The molecule has 1 aromatic heterocycles. The fourth-order valence-electron chi connectivity index (χ4n) is 1.58. The second-order valence-electron chi connectivity index (χ2n) is 3.53. The highest BCUT2D eigenvalue weighted by Gasteiger charge is 2.07. The van der Waals surface area contributed by atoms with Gasteiger partial charge in [-0.05, 0) is 26.0 Å². The average molecular weight is 222 g/mol. The van der Waals surface area contributed by atoms with Gasteiger partial charge >= 0.3 is 0 Å². The van der Waals surface area contributed by atoms with Gasteiger partial charge in [-0.2, -0.15) is 0 Å². The number of hydrogen-bond acceptors (Lipinski definition) is 2. The van der Waals surface area contributed by atoms with Crippen LogP contribution in [0.2, 0.25) is 5.02 Å². The minimum atomic E-state index is 0.573. The first-order valence-electron chi connectivity index (χ1n) is 4.66. The molecular weight excluding hydrogens is 210 g/mol. The number of nitrogen functional groups attached to an aromatic ring is 1. The Kier molecular flexibility index (Phi) is 2.40. The first-order valence-corrected chi connectivity index (χ1v) is 5.04. The van der Waals surface area contributed by atoms with E-state index in [9.17, 15) is 0 Å². The van der Waals surface area contributed by atoms with Crippen LogP contribution in [0.1, 0.15) is 11.5 Å². The third-order valence-electron chi connectivity index (χ3n) is 2.27. The molecule has 0 amide bonds. The maximum atomic E-state index is 5.86. The summed E-state index contributed by atoms with van der Waals surface area (Å²) in [5, 5.41) is 0.573. The summed E-state index contributed by atoms with van der Waals surface area (Å²) >= 11 is 5.86. The fraction of sp³-hybridized carbons (Fsp3) is 0.182. The van der Waals surface area contributed by atoms with Crippen molar-refractivity contribution in [1.29, 1.82) is 0 Å². The van der Waals surface area contributed by atoms with Gasteiger partial charge in [-0.3, -0.25) is 0 Å². The highest BCUT2D eigenvalue weighted by Crippen LogP contribution is 2.27. The minimum Gasteiger partial charge on any atom is -0.398 e. The molecule has 0 saturated heterocycles. The van der Waals surface area contributed by atoms with Crippen molar-refractivity contribution in [3.05, 3.63) is 34.7 Å². The van der Waals surface area contributed by atoms with Crippen molar-refractivity contribution in [1.82, 2.24) is 9.97 Å². The van der Waals surface area contributed by atoms with Gasteiger partial charge in [-0.25, -0.2) is 4.98 Å². The van der Waals surface area contributed by atoms with Gasteiger partial charge in [0.1, 0.15) is 5.82 Å². The Labute approximate surface area is 93.3 Å². The van der Waals surface area contributed by atoms with Crippen molar-refractivity contribution in [3.63, 3.8) is 0 Å². The molecule has 2 rings (SSSR count). The van der Waals surface area contributed by atoms with E-state index >= 15 is 0 Å². The summed E-state index contributed by atoms with van der Waals surface area (Å²) < 4.78 is 0. The standard InChI is InChI=1S/C11H12ClN3/c1-6-11(15-7(2)14-6)8-3-4-9(12)10(13)5-8/h3-5H,13H2,1-2H3,(H,14,15). The molecule has 0 spiro atoms. The predicted octanol–water partition coefficient (Wildman–Crippen LogP) is 2.93. The number of aromatic nitrogens is 2. The molecule has 0 aliphatic heterocycles. The Morgan fingerprint density at radius 3 is 2.60 bits per heavy atom. The zero-order chi connectivity index (χ0) is 11.0. The second-order valence-corrected chi connectivity index (χ2v) is 3.94. The summed E-state index contributed by atoms with van der Waals surface area (Å²) in [6.45, 7) is 3.91. The number of nitrogens with two attached hydrogens (primary N) is 1. The monoisotopic (exact) mass is 221 g/mol. The highest BCUT2D eigenvalue weighted by atomic mass is 35.5. The third kappa shape index (κ3) is 1.83. The van der Waals surface area contributed by atoms with E-state index in [2.05, 4.69) is 9.97 Å². The lowest BCUT2D eigenvalue weighted by Gasteiger charge is -2.02. The fourth-order valence-corrected chi connectivity index (χ4v) is 1.70. The molecule has 3 N–H and O–H groups in total. The largest absolute Gasteiger partial charge is 0.398 e. The minimum absolute atomic E-state index is 0.573. The maximum Gasteiger partial charge on any atom is 0.103 e. The molecule has 3 nitrogen and oxygen atoms in total. The summed E-state index contributed by atoms with van der Waals surface area (Å²) in [5.41, 5.74) is 9.27. The number of halogens is 1. The van der Waals surface area contributed by atoms with Crippen molar-refractivity contribution in [2.45, 2.75) is 13.8 Å². The van der Waals surface area contributed by atoms with Crippen molar-refractivity contribution < 1.29 is 0 Å². The van der Waals surface area contributed by atoms with Gasteiger partial charge in [0.25, 0.3) is 0 Å². The number of aryl methyl sites for hydroxylation is 2. The van der Waals surface area contributed by atoms with E-state index in [1.165, 1.54) is 0 Å². The van der Waals surface area contributed by atoms with Gasteiger partial charge in [0.05, 0.1) is 16.4 Å². The molecule has 0 fully saturated rings. The van der Waals surface area contributed by atoms with E-state index in [1.807, 2.05) is 26.0 Å². The zero-order valence-electron chi connectivity index (χ0n) is 8.63. The average Bonchev–Trinajstić information content (AvgIpc) is 2.50. The van der Waals surface area contributed by atoms with E-state index in [1.54, 1.807) is 6.07 Å². The normalized spacial score (nSPS) is 10.6. The molecule has 0 radical (unpaired) electrons. The number of nitrogens with zero attached hydrogens (tertiary/aromatic N) is 1. The van der Waals surface area contributed by atoms with Crippen LogP contribution in [0.15, 0.2) is 18.2 Å². The van der Waals surface area contributed by atoms with Crippen LogP contribution in [0.4, 0.5) is 5.69 Å². The van der Waals surface area contributed by atoms with Crippen LogP contribution in [0, 0.1) is 13.8 Å². The molecule has 78 valence electrons. The summed E-state index contributed by atoms with van der Waals surface area (Å²) in [6.07, 6.45) is 0. The molecule has 0 atom stereocenters. The molecule has 4 heteroatoms. The number of aromatic amines is 1. The number of nitrogens with one attached hydrogen (secondary N) is 1. The smallest absolute Gasteiger partial charge is 0.103 e. The van der Waals surface area contributed by atoms with Gasteiger partial charge in [0, 0.05) is 11.3 Å². The lowest BCUT2D eigenvalue weighted by Crippen LogP contribution is -1.88. The molecule has 0 unspecified atom stereocenters. The van der Waals surface area contributed by atoms with Crippen molar-refractivity contribution in [2.75, 3.05) is 5.73 Å². The predicted molar refractivity (Wildman–Crippen MR) is 62.9 cm³/mol. The molecule has 0 aliphatic rings. The molecule has 15 heavy (non-hydrogen) atoms. The molecule has 1 aromatic carbocycles. The van der Waals surface area contributed by atoms with Crippen LogP contribution in [0.3, 0.4) is 0 Å². The summed E-state index contributed by atoms with van der Waals surface area (Å²) in [4.78, 5) is 7.55. The number of H-pyrrole nitrogens is 1. The van der Waals surface area contributed by atoms with Crippen LogP contribution in [-0.4, -0.2) is 9.97 Å². The van der Waals surface area contributed by atoms with Gasteiger partial charge in [0.15, 0.2) is 0 Å². The summed E-state index contributed by atoms with van der Waals surface area (Å²) in [6, 6.07) is 5.54. The number of imidazole rings is 1. The molecule has 0 bridgehead atoms. The number of rotatable bonds is 1. The molecule has 0 aliphatic carbocycles. The molecule has 0 saturated carbocycles. The Balaban J connectivity index is 2.54. The Morgan fingerprint density at radius 2 is 2.07 bits per heavy atom. The highest BCUT2D eigenvalue weighted by molar-refractivity contribution is 6.33. The maximum absolute atomic E-state index is 5.86. The Hall–Kier alpha value is -1.48. The Bertz CT molecular complexity index is 503. The number of benzene rings is 1. The first kappa shape index (κ1) is 10.1. The van der Waals surface area contributed by atoms with Crippen LogP contribution >= 0.6 is 11.6 Å². The third-order valence-corrected chi connectivity index (χ3v) is 2.62. The van der Waals surface area contributed by atoms with Crippen LogP contribution in [0.5, 0.6) is 0 Å². The Morgan fingerprint density at radius 1 is 1.33 bits per heavy atom. The summed E-state index contributed by atoms with van der Waals surface area (Å²) in [7, 11) is 0. The topological polar surface area (TPSA) is 54.7 Å². The van der Waals surface area contributed by atoms with Crippen molar-refractivity contribution in [3.8, 4) is 11.3 Å². The van der Waals surface area contributed by atoms with Gasteiger partial charge < -0.3 is 10.7 Å². The van der Waals surface area contributed by atoms with E-state index < -0.39 is 0 Å². The first-order chi connectivity index (χ1) is 7.08. The van der Waals surface area contributed by atoms with Gasteiger partial charge in [-0.1, -0.05) is 17.7 Å². The molecule has 2 aromatic rings. The van der Waals surface area contributed by atoms with Gasteiger partial charge in [-0.15, -0.1) is 0 Å².